The maximum atomic E-state index is 9.11. The van der Waals surface area contributed by atoms with Crippen LogP contribution in [0.2, 0.25) is 0 Å². The van der Waals surface area contributed by atoms with Crippen LogP contribution in [0.4, 0.5) is 0 Å². The van der Waals surface area contributed by atoms with Crippen LogP contribution in [0.5, 0.6) is 0 Å². The van der Waals surface area contributed by atoms with Gasteiger partial charge in [-0.1, -0.05) is 6.92 Å². The third-order valence-electron chi connectivity index (χ3n) is 4.31. The first-order valence-corrected chi connectivity index (χ1v) is 6.74. The molecule has 16 heavy (non-hydrogen) atoms. The third-order valence-corrected chi connectivity index (χ3v) is 4.31. The van der Waals surface area contributed by atoms with Crippen molar-refractivity contribution in [3.8, 4) is 0 Å². The SMILES string of the molecule is CC(CO)CN1CCC2C(CCCN2C)C1. The van der Waals surface area contributed by atoms with Crippen molar-refractivity contribution in [2.45, 2.75) is 32.2 Å². The molecule has 0 aromatic heterocycles. The van der Waals surface area contributed by atoms with Gasteiger partial charge < -0.3 is 14.9 Å². The van der Waals surface area contributed by atoms with Gasteiger partial charge in [0.1, 0.15) is 0 Å². The minimum absolute atomic E-state index is 0.324. The lowest BCUT2D eigenvalue weighted by molar-refractivity contribution is 0.0295. The van der Waals surface area contributed by atoms with Gasteiger partial charge in [0.05, 0.1) is 0 Å². The van der Waals surface area contributed by atoms with E-state index < -0.39 is 0 Å². The Labute approximate surface area is 99.4 Å². The van der Waals surface area contributed by atoms with Crippen LogP contribution in [0.15, 0.2) is 0 Å². The lowest BCUT2D eigenvalue weighted by Crippen LogP contribution is -2.53. The molecule has 2 aliphatic heterocycles. The van der Waals surface area contributed by atoms with E-state index in [0.29, 0.717) is 12.5 Å². The van der Waals surface area contributed by atoms with Gasteiger partial charge in [-0.05, 0) is 51.2 Å². The normalized spacial score (nSPS) is 34.7. The van der Waals surface area contributed by atoms with Crippen LogP contribution in [0.1, 0.15) is 26.2 Å². The van der Waals surface area contributed by atoms with E-state index in [0.717, 1.165) is 18.5 Å². The number of hydrogen-bond donors (Lipinski definition) is 1. The molecule has 3 heteroatoms. The molecule has 0 radical (unpaired) electrons. The van der Waals surface area contributed by atoms with Crippen LogP contribution in [0, 0.1) is 11.8 Å². The summed E-state index contributed by atoms with van der Waals surface area (Å²) in [6.45, 7) is 7.29. The standard InChI is InChI=1S/C13H26N2O/c1-11(10-16)8-15-7-5-13-12(9-15)4-3-6-14(13)2/h11-13,16H,3-10H2,1-2H3. The highest BCUT2D eigenvalue weighted by atomic mass is 16.3. The Bertz CT molecular complexity index is 222. The molecule has 0 saturated carbocycles. The Morgan fingerprint density at radius 1 is 1.31 bits per heavy atom. The number of aliphatic hydroxyl groups is 1. The van der Waals surface area contributed by atoms with Gasteiger partial charge in [0.15, 0.2) is 0 Å². The van der Waals surface area contributed by atoms with Crippen molar-refractivity contribution in [3.63, 3.8) is 0 Å². The maximum absolute atomic E-state index is 9.11. The van der Waals surface area contributed by atoms with Crippen molar-refractivity contribution in [1.29, 1.82) is 0 Å². The molecule has 0 spiro atoms. The molecular weight excluding hydrogens is 200 g/mol. The largest absolute Gasteiger partial charge is 0.396 e. The molecule has 0 aromatic rings. The quantitative estimate of drug-likeness (QED) is 0.778. The molecule has 3 unspecified atom stereocenters. The molecule has 2 saturated heterocycles. The molecule has 0 amide bonds. The minimum atomic E-state index is 0.324. The number of rotatable bonds is 3. The van der Waals surface area contributed by atoms with Crippen LogP contribution < -0.4 is 0 Å². The number of hydrogen-bond acceptors (Lipinski definition) is 3. The van der Waals surface area contributed by atoms with Gasteiger partial charge in [0.2, 0.25) is 0 Å². The van der Waals surface area contributed by atoms with Crippen molar-refractivity contribution < 1.29 is 5.11 Å². The summed E-state index contributed by atoms with van der Waals surface area (Å²) < 4.78 is 0. The van der Waals surface area contributed by atoms with Crippen molar-refractivity contribution in [3.05, 3.63) is 0 Å². The van der Waals surface area contributed by atoms with E-state index in [1.54, 1.807) is 0 Å². The average Bonchev–Trinajstić information content (AvgIpc) is 2.29. The molecule has 2 rings (SSSR count). The van der Waals surface area contributed by atoms with E-state index in [-0.39, 0.29) is 0 Å². The summed E-state index contributed by atoms with van der Waals surface area (Å²) in [7, 11) is 2.28. The van der Waals surface area contributed by atoms with E-state index in [2.05, 4.69) is 23.8 Å². The van der Waals surface area contributed by atoms with Crippen LogP contribution >= 0.6 is 0 Å². The number of piperidine rings is 2. The van der Waals surface area contributed by atoms with Gasteiger partial charge in [-0.3, -0.25) is 0 Å². The van der Waals surface area contributed by atoms with Gasteiger partial charge >= 0.3 is 0 Å². The highest BCUT2D eigenvalue weighted by Crippen LogP contribution is 2.29. The van der Waals surface area contributed by atoms with Crippen LogP contribution in [0.3, 0.4) is 0 Å². The zero-order chi connectivity index (χ0) is 11.5. The van der Waals surface area contributed by atoms with Crippen molar-refractivity contribution in [1.82, 2.24) is 9.80 Å². The topological polar surface area (TPSA) is 26.7 Å². The molecule has 3 nitrogen and oxygen atoms in total. The molecular formula is C13H26N2O. The van der Waals surface area contributed by atoms with Crippen LogP contribution in [-0.2, 0) is 0 Å². The van der Waals surface area contributed by atoms with Gasteiger partial charge in [0.25, 0.3) is 0 Å². The molecule has 94 valence electrons. The van der Waals surface area contributed by atoms with E-state index in [9.17, 15) is 0 Å². The monoisotopic (exact) mass is 226 g/mol. The molecule has 2 aliphatic rings. The number of nitrogens with zero attached hydrogens (tertiary/aromatic N) is 2. The number of aliphatic hydroxyl groups excluding tert-OH is 1. The third kappa shape index (κ3) is 2.76. The summed E-state index contributed by atoms with van der Waals surface area (Å²) >= 11 is 0. The molecule has 2 fully saturated rings. The van der Waals surface area contributed by atoms with Gasteiger partial charge in [0, 0.05) is 25.7 Å². The first-order valence-electron chi connectivity index (χ1n) is 6.74. The molecule has 2 heterocycles. The summed E-state index contributed by atoms with van der Waals surface area (Å²) in [5.74, 6) is 1.30. The van der Waals surface area contributed by atoms with Crippen LogP contribution in [0.25, 0.3) is 0 Å². The fraction of sp³-hybridized carbons (Fsp3) is 1.00. The molecule has 3 atom stereocenters. The predicted molar refractivity (Wildman–Crippen MR) is 66.4 cm³/mol. The minimum Gasteiger partial charge on any atom is -0.396 e. The maximum Gasteiger partial charge on any atom is 0.0468 e. The van der Waals surface area contributed by atoms with Crippen molar-refractivity contribution >= 4 is 0 Å². The Balaban J connectivity index is 1.85. The molecule has 0 aromatic carbocycles. The summed E-state index contributed by atoms with van der Waals surface area (Å²) in [6.07, 6.45) is 4.08. The van der Waals surface area contributed by atoms with Crippen LogP contribution in [-0.4, -0.2) is 60.8 Å². The zero-order valence-corrected chi connectivity index (χ0v) is 10.7. The van der Waals surface area contributed by atoms with E-state index >= 15 is 0 Å². The Hall–Kier alpha value is -0.120. The Kier molecular flexibility index (Phi) is 4.22. The second-order valence-corrected chi connectivity index (χ2v) is 5.79. The average molecular weight is 226 g/mol. The highest BCUT2D eigenvalue weighted by molar-refractivity contribution is 4.89. The predicted octanol–water partition coefficient (Wildman–Crippen LogP) is 1.03. The molecule has 1 N–H and O–H groups in total. The van der Waals surface area contributed by atoms with Gasteiger partial charge in [-0.25, -0.2) is 0 Å². The number of fused-ring (bicyclic) bond motifs is 1. The smallest absolute Gasteiger partial charge is 0.0468 e. The second kappa shape index (κ2) is 5.48. The lowest BCUT2D eigenvalue weighted by Gasteiger charge is -2.46. The number of likely N-dealkylation sites (tertiary alicyclic amines) is 2. The summed E-state index contributed by atoms with van der Waals surface area (Å²) in [5, 5.41) is 9.11. The van der Waals surface area contributed by atoms with Crippen molar-refractivity contribution in [2.24, 2.45) is 11.8 Å². The van der Waals surface area contributed by atoms with Crippen molar-refractivity contribution in [2.75, 3.05) is 39.8 Å². The first-order chi connectivity index (χ1) is 7.70. The van der Waals surface area contributed by atoms with E-state index in [1.165, 1.54) is 38.9 Å². The van der Waals surface area contributed by atoms with Gasteiger partial charge in [-0.2, -0.15) is 0 Å². The Morgan fingerprint density at radius 2 is 2.12 bits per heavy atom. The van der Waals surface area contributed by atoms with E-state index in [1.807, 2.05) is 0 Å². The fourth-order valence-electron chi connectivity index (χ4n) is 3.39. The van der Waals surface area contributed by atoms with Gasteiger partial charge in [-0.15, -0.1) is 0 Å². The molecule has 0 bridgehead atoms. The highest BCUT2D eigenvalue weighted by Gasteiger charge is 2.34. The lowest BCUT2D eigenvalue weighted by atomic mass is 9.84. The first kappa shape index (κ1) is 12.3. The Morgan fingerprint density at radius 3 is 2.88 bits per heavy atom. The fourth-order valence-corrected chi connectivity index (χ4v) is 3.39. The van der Waals surface area contributed by atoms with E-state index in [4.69, 9.17) is 5.11 Å². The zero-order valence-electron chi connectivity index (χ0n) is 10.7. The summed E-state index contributed by atoms with van der Waals surface area (Å²) in [5.41, 5.74) is 0. The second-order valence-electron chi connectivity index (χ2n) is 5.79. The summed E-state index contributed by atoms with van der Waals surface area (Å²) in [4.78, 5) is 5.11. The molecule has 0 aliphatic carbocycles. The summed E-state index contributed by atoms with van der Waals surface area (Å²) in [6, 6.07) is 0.828.